The van der Waals surface area contributed by atoms with Crippen molar-refractivity contribution in [2.45, 2.75) is 33.6 Å². The van der Waals surface area contributed by atoms with Gasteiger partial charge in [-0.15, -0.1) is 0 Å². The number of rotatable bonds is 2. The standard InChI is InChI=1S/C15H19NO2/c1-8(2)13-10(4)16(5)14-11(13)6-9(3)7-12(14)15(17)18/h6-8H,1-5H3,(H,17,18). The first-order chi connectivity index (χ1) is 8.34. The summed E-state index contributed by atoms with van der Waals surface area (Å²) in [4.78, 5) is 11.4. The topological polar surface area (TPSA) is 42.2 Å². The highest BCUT2D eigenvalue weighted by molar-refractivity contribution is 6.04. The van der Waals surface area contributed by atoms with Crippen LogP contribution in [0.3, 0.4) is 0 Å². The molecule has 0 aliphatic rings. The van der Waals surface area contributed by atoms with Gasteiger partial charge in [0.2, 0.25) is 0 Å². The van der Waals surface area contributed by atoms with E-state index in [0.29, 0.717) is 11.5 Å². The number of aryl methyl sites for hydroxylation is 2. The Kier molecular flexibility index (Phi) is 2.93. The molecule has 1 aromatic heterocycles. The zero-order chi connectivity index (χ0) is 13.6. The lowest BCUT2D eigenvalue weighted by Gasteiger charge is -2.06. The predicted octanol–water partition coefficient (Wildman–Crippen LogP) is 3.62. The van der Waals surface area contributed by atoms with Crippen LogP contribution in [-0.2, 0) is 7.05 Å². The molecule has 0 saturated heterocycles. The Labute approximate surface area is 107 Å². The molecule has 0 bridgehead atoms. The fourth-order valence-corrected chi connectivity index (χ4v) is 2.78. The Bertz CT molecular complexity index is 636. The molecule has 1 heterocycles. The summed E-state index contributed by atoms with van der Waals surface area (Å²) >= 11 is 0. The van der Waals surface area contributed by atoms with E-state index in [9.17, 15) is 9.90 Å². The summed E-state index contributed by atoms with van der Waals surface area (Å²) in [6.07, 6.45) is 0. The molecule has 18 heavy (non-hydrogen) atoms. The minimum absolute atomic E-state index is 0.386. The summed E-state index contributed by atoms with van der Waals surface area (Å²) in [5, 5.41) is 10.4. The number of fused-ring (bicyclic) bond motifs is 1. The summed E-state index contributed by atoms with van der Waals surface area (Å²) < 4.78 is 1.99. The lowest BCUT2D eigenvalue weighted by molar-refractivity contribution is 0.0698. The molecule has 2 rings (SSSR count). The molecule has 3 nitrogen and oxygen atoms in total. The van der Waals surface area contributed by atoms with Crippen LogP contribution in [0.25, 0.3) is 10.9 Å². The first kappa shape index (κ1) is 12.7. The molecular weight excluding hydrogens is 226 g/mol. The molecular formula is C15H19NO2. The summed E-state index contributed by atoms with van der Waals surface area (Å²) in [6, 6.07) is 3.83. The number of carbonyl (C=O) groups is 1. The first-order valence-electron chi connectivity index (χ1n) is 6.17. The minimum atomic E-state index is -0.861. The van der Waals surface area contributed by atoms with E-state index in [1.165, 1.54) is 5.56 Å². The number of carboxylic acids is 1. The fourth-order valence-electron chi connectivity index (χ4n) is 2.78. The van der Waals surface area contributed by atoms with Crippen LogP contribution in [0, 0.1) is 13.8 Å². The molecule has 0 amide bonds. The van der Waals surface area contributed by atoms with Crippen molar-refractivity contribution in [3.8, 4) is 0 Å². The van der Waals surface area contributed by atoms with Crippen LogP contribution in [0.15, 0.2) is 12.1 Å². The maximum absolute atomic E-state index is 11.4. The summed E-state index contributed by atoms with van der Waals surface area (Å²) in [5.41, 5.74) is 4.61. The van der Waals surface area contributed by atoms with Crippen molar-refractivity contribution >= 4 is 16.9 Å². The van der Waals surface area contributed by atoms with E-state index < -0.39 is 5.97 Å². The maximum atomic E-state index is 11.4. The maximum Gasteiger partial charge on any atom is 0.337 e. The zero-order valence-electron chi connectivity index (χ0n) is 11.5. The van der Waals surface area contributed by atoms with Crippen LogP contribution in [-0.4, -0.2) is 15.6 Å². The lowest BCUT2D eigenvalue weighted by atomic mass is 9.97. The van der Waals surface area contributed by atoms with Crippen LogP contribution >= 0.6 is 0 Å². The predicted molar refractivity (Wildman–Crippen MR) is 73.4 cm³/mol. The third-order valence-electron chi connectivity index (χ3n) is 3.58. The molecule has 0 radical (unpaired) electrons. The average molecular weight is 245 g/mol. The molecule has 1 aromatic carbocycles. The fraction of sp³-hybridized carbons (Fsp3) is 0.400. The number of nitrogens with zero attached hydrogens (tertiary/aromatic N) is 1. The van der Waals surface area contributed by atoms with Gasteiger partial charge in [0.15, 0.2) is 0 Å². The van der Waals surface area contributed by atoms with Gasteiger partial charge < -0.3 is 9.67 Å². The second-order valence-corrected chi connectivity index (χ2v) is 5.23. The number of aromatic nitrogens is 1. The van der Waals surface area contributed by atoms with Crippen molar-refractivity contribution in [2.75, 3.05) is 0 Å². The van der Waals surface area contributed by atoms with Crippen LogP contribution in [0.4, 0.5) is 0 Å². The monoisotopic (exact) mass is 245 g/mol. The van der Waals surface area contributed by atoms with Crippen molar-refractivity contribution in [3.63, 3.8) is 0 Å². The van der Waals surface area contributed by atoms with Crippen molar-refractivity contribution in [1.29, 1.82) is 0 Å². The molecule has 1 N–H and O–H groups in total. The second-order valence-electron chi connectivity index (χ2n) is 5.23. The highest BCUT2D eigenvalue weighted by Crippen LogP contribution is 2.33. The molecule has 0 spiro atoms. The Morgan fingerprint density at radius 1 is 1.28 bits per heavy atom. The van der Waals surface area contributed by atoms with Crippen LogP contribution < -0.4 is 0 Å². The highest BCUT2D eigenvalue weighted by atomic mass is 16.4. The molecule has 0 unspecified atom stereocenters. The van der Waals surface area contributed by atoms with E-state index in [2.05, 4.69) is 26.8 Å². The van der Waals surface area contributed by atoms with E-state index in [1.54, 1.807) is 6.07 Å². The van der Waals surface area contributed by atoms with Gasteiger partial charge in [-0.05, 0) is 43.0 Å². The highest BCUT2D eigenvalue weighted by Gasteiger charge is 2.20. The number of hydrogen-bond donors (Lipinski definition) is 1. The smallest absolute Gasteiger partial charge is 0.337 e. The van der Waals surface area contributed by atoms with Gasteiger partial charge in [0.1, 0.15) is 0 Å². The number of aromatic carboxylic acids is 1. The van der Waals surface area contributed by atoms with Crippen molar-refractivity contribution in [3.05, 3.63) is 34.5 Å². The quantitative estimate of drug-likeness (QED) is 0.878. The Morgan fingerprint density at radius 2 is 1.89 bits per heavy atom. The summed E-state index contributed by atoms with van der Waals surface area (Å²) in [6.45, 7) is 8.28. The van der Waals surface area contributed by atoms with Gasteiger partial charge in [0.05, 0.1) is 11.1 Å². The summed E-state index contributed by atoms with van der Waals surface area (Å²) in [7, 11) is 1.94. The van der Waals surface area contributed by atoms with Gasteiger partial charge in [-0.1, -0.05) is 13.8 Å². The van der Waals surface area contributed by atoms with Crippen molar-refractivity contribution in [1.82, 2.24) is 4.57 Å². The minimum Gasteiger partial charge on any atom is -0.478 e. The van der Waals surface area contributed by atoms with E-state index >= 15 is 0 Å². The molecule has 0 aliphatic carbocycles. The van der Waals surface area contributed by atoms with Crippen LogP contribution in [0.5, 0.6) is 0 Å². The molecule has 0 fully saturated rings. The van der Waals surface area contributed by atoms with E-state index in [-0.39, 0.29) is 0 Å². The van der Waals surface area contributed by atoms with Gasteiger partial charge in [0, 0.05) is 18.1 Å². The van der Waals surface area contributed by atoms with E-state index in [1.807, 2.05) is 18.5 Å². The Balaban J connectivity index is 3.00. The normalized spacial score (nSPS) is 11.4. The Morgan fingerprint density at radius 3 is 2.39 bits per heavy atom. The van der Waals surface area contributed by atoms with Crippen LogP contribution in [0.2, 0.25) is 0 Å². The molecule has 0 saturated carbocycles. The molecule has 3 heteroatoms. The number of benzene rings is 1. The lowest BCUT2D eigenvalue weighted by Crippen LogP contribution is -2.02. The van der Waals surface area contributed by atoms with Crippen LogP contribution in [0.1, 0.15) is 46.9 Å². The van der Waals surface area contributed by atoms with Gasteiger partial charge in [-0.25, -0.2) is 4.79 Å². The average Bonchev–Trinajstić information content (AvgIpc) is 2.50. The largest absolute Gasteiger partial charge is 0.478 e. The molecule has 96 valence electrons. The van der Waals surface area contributed by atoms with Gasteiger partial charge in [0.25, 0.3) is 0 Å². The van der Waals surface area contributed by atoms with E-state index in [4.69, 9.17) is 0 Å². The number of hydrogen-bond acceptors (Lipinski definition) is 1. The summed E-state index contributed by atoms with van der Waals surface area (Å²) in [5.74, 6) is -0.475. The third-order valence-corrected chi connectivity index (χ3v) is 3.58. The third kappa shape index (κ3) is 1.70. The van der Waals surface area contributed by atoms with Gasteiger partial charge >= 0.3 is 5.97 Å². The zero-order valence-corrected chi connectivity index (χ0v) is 11.5. The Hall–Kier alpha value is -1.77. The molecule has 0 atom stereocenters. The second kappa shape index (κ2) is 4.16. The van der Waals surface area contributed by atoms with Crippen molar-refractivity contribution < 1.29 is 9.90 Å². The number of carboxylic acid groups (broad SMARTS) is 1. The molecule has 2 aromatic rings. The van der Waals surface area contributed by atoms with Crippen molar-refractivity contribution in [2.24, 2.45) is 7.05 Å². The van der Waals surface area contributed by atoms with E-state index in [0.717, 1.165) is 22.2 Å². The van der Waals surface area contributed by atoms with Gasteiger partial charge in [-0.2, -0.15) is 0 Å². The van der Waals surface area contributed by atoms with Gasteiger partial charge in [-0.3, -0.25) is 0 Å². The SMILES string of the molecule is Cc1cc(C(=O)O)c2c(c1)c(C(C)C)c(C)n2C. The first-order valence-corrected chi connectivity index (χ1v) is 6.17. The molecule has 0 aliphatic heterocycles.